The molecule has 2 rings (SSSR count). The zero-order chi connectivity index (χ0) is 16.3. The Morgan fingerprint density at radius 2 is 1.82 bits per heavy atom. The number of ether oxygens (including phenoxy) is 2. The zero-order valence-electron chi connectivity index (χ0n) is 13.2. The average molecular weight is 301 g/mol. The van der Waals surface area contributed by atoms with Gasteiger partial charge in [0.2, 0.25) is 5.78 Å². The van der Waals surface area contributed by atoms with Crippen LogP contribution in [-0.2, 0) is 11.8 Å². The summed E-state index contributed by atoms with van der Waals surface area (Å²) in [5.74, 6) is -0.368. The third kappa shape index (κ3) is 3.03. The lowest BCUT2D eigenvalue weighted by molar-refractivity contribution is 0.0471. The molecule has 0 atom stereocenters. The minimum Gasteiger partial charge on any atom is -0.496 e. The normalized spacial score (nSPS) is 10.4. The Bertz CT molecular complexity index is 715. The second-order valence-electron chi connectivity index (χ2n) is 5.04. The molecule has 5 nitrogen and oxygen atoms in total. The predicted molar refractivity (Wildman–Crippen MR) is 82.5 cm³/mol. The molecular weight excluding hydrogens is 282 g/mol. The maximum Gasteiger partial charge on any atom is 0.342 e. The number of rotatable bonds is 5. The second kappa shape index (κ2) is 6.47. The molecule has 0 aliphatic carbocycles. The average Bonchev–Trinajstić information content (AvgIpc) is 2.79. The third-order valence-corrected chi connectivity index (χ3v) is 3.74. The molecule has 0 N–H and O–H groups in total. The number of methoxy groups -OCH3 is 1. The largest absolute Gasteiger partial charge is 0.496 e. The van der Waals surface area contributed by atoms with Gasteiger partial charge in [0.05, 0.1) is 7.11 Å². The highest BCUT2D eigenvalue weighted by Crippen LogP contribution is 2.19. The number of carbonyl (C=O) groups excluding carboxylic acids is 2. The highest BCUT2D eigenvalue weighted by atomic mass is 16.5. The van der Waals surface area contributed by atoms with E-state index in [1.165, 1.54) is 7.11 Å². The number of aromatic nitrogens is 1. The summed E-state index contributed by atoms with van der Waals surface area (Å²) in [6.45, 7) is 3.49. The van der Waals surface area contributed by atoms with Gasteiger partial charge in [0.15, 0.2) is 6.61 Å². The molecule has 1 aromatic heterocycles. The molecule has 116 valence electrons. The van der Waals surface area contributed by atoms with Gasteiger partial charge in [0.1, 0.15) is 11.3 Å². The SMILES string of the molecule is COc1ccccc1C(=O)OCC(=O)c1cc(C)n(C)c1C. The van der Waals surface area contributed by atoms with Gasteiger partial charge >= 0.3 is 5.97 Å². The standard InChI is InChI=1S/C17H19NO4/c1-11-9-14(12(2)18(11)3)15(19)10-22-17(20)13-7-5-6-8-16(13)21-4/h5-9H,10H2,1-4H3. The lowest BCUT2D eigenvalue weighted by Gasteiger charge is -2.08. The monoisotopic (exact) mass is 301 g/mol. The van der Waals surface area contributed by atoms with Crippen molar-refractivity contribution in [2.75, 3.05) is 13.7 Å². The second-order valence-corrected chi connectivity index (χ2v) is 5.04. The van der Waals surface area contributed by atoms with Gasteiger partial charge in [-0.05, 0) is 32.0 Å². The van der Waals surface area contributed by atoms with E-state index in [1.54, 1.807) is 30.3 Å². The summed E-state index contributed by atoms with van der Waals surface area (Å²) in [5.41, 5.74) is 2.72. The molecule has 0 unspecified atom stereocenters. The summed E-state index contributed by atoms with van der Waals surface area (Å²) in [6.07, 6.45) is 0. The van der Waals surface area contributed by atoms with Crippen LogP contribution in [-0.4, -0.2) is 30.0 Å². The quantitative estimate of drug-likeness (QED) is 0.629. The van der Waals surface area contributed by atoms with Crippen LogP contribution in [0.2, 0.25) is 0 Å². The highest BCUT2D eigenvalue weighted by molar-refractivity contribution is 6.00. The van der Waals surface area contributed by atoms with Crippen LogP contribution in [0, 0.1) is 13.8 Å². The number of hydrogen-bond donors (Lipinski definition) is 0. The molecule has 0 aliphatic heterocycles. The fraction of sp³-hybridized carbons (Fsp3) is 0.294. The molecule has 5 heteroatoms. The molecule has 0 fully saturated rings. The van der Waals surface area contributed by atoms with E-state index < -0.39 is 5.97 Å². The van der Waals surface area contributed by atoms with Crippen LogP contribution in [0.15, 0.2) is 30.3 Å². The first-order valence-corrected chi connectivity index (χ1v) is 6.92. The van der Waals surface area contributed by atoms with E-state index in [0.717, 1.165) is 11.4 Å². The van der Waals surface area contributed by atoms with Gasteiger partial charge < -0.3 is 14.0 Å². The number of esters is 1. The van der Waals surface area contributed by atoms with Crippen molar-refractivity contribution in [3.05, 3.63) is 52.8 Å². The van der Waals surface area contributed by atoms with Crippen LogP contribution in [0.1, 0.15) is 32.1 Å². The lowest BCUT2D eigenvalue weighted by atomic mass is 10.1. The molecule has 22 heavy (non-hydrogen) atoms. The predicted octanol–water partition coefficient (Wildman–Crippen LogP) is 2.69. The smallest absolute Gasteiger partial charge is 0.342 e. The van der Waals surface area contributed by atoms with Crippen LogP contribution in [0.25, 0.3) is 0 Å². The maximum atomic E-state index is 12.2. The summed E-state index contributed by atoms with van der Waals surface area (Å²) in [6, 6.07) is 8.55. The Balaban J connectivity index is 2.08. The van der Waals surface area contributed by atoms with Crippen molar-refractivity contribution >= 4 is 11.8 Å². The van der Waals surface area contributed by atoms with Gasteiger partial charge in [-0.2, -0.15) is 0 Å². The lowest BCUT2D eigenvalue weighted by Crippen LogP contribution is -2.15. The molecule has 0 amide bonds. The van der Waals surface area contributed by atoms with Crippen molar-refractivity contribution in [3.8, 4) is 5.75 Å². The topological polar surface area (TPSA) is 57.5 Å². The van der Waals surface area contributed by atoms with Crippen LogP contribution >= 0.6 is 0 Å². The van der Waals surface area contributed by atoms with E-state index in [-0.39, 0.29) is 12.4 Å². The zero-order valence-corrected chi connectivity index (χ0v) is 13.2. The highest BCUT2D eigenvalue weighted by Gasteiger charge is 2.18. The van der Waals surface area contributed by atoms with Gasteiger partial charge in [-0.25, -0.2) is 4.79 Å². The van der Waals surface area contributed by atoms with Crippen molar-refractivity contribution in [1.82, 2.24) is 4.57 Å². The summed E-state index contributed by atoms with van der Waals surface area (Å²) in [5, 5.41) is 0. The molecule has 0 bridgehead atoms. The molecule has 0 spiro atoms. The van der Waals surface area contributed by atoms with Crippen LogP contribution in [0.4, 0.5) is 0 Å². The molecule has 0 saturated carbocycles. The number of aryl methyl sites for hydroxylation is 1. The fourth-order valence-electron chi connectivity index (χ4n) is 2.24. The summed E-state index contributed by atoms with van der Waals surface area (Å²) >= 11 is 0. The van der Waals surface area contributed by atoms with Crippen molar-refractivity contribution in [2.45, 2.75) is 13.8 Å². The molecule has 0 radical (unpaired) electrons. The van der Waals surface area contributed by atoms with Crippen molar-refractivity contribution < 1.29 is 19.1 Å². The summed E-state index contributed by atoms with van der Waals surface area (Å²) in [7, 11) is 3.37. The molecule has 2 aromatic rings. The number of carbonyl (C=O) groups is 2. The Morgan fingerprint density at radius 1 is 1.14 bits per heavy atom. The molecular formula is C17H19NO4. The minimum atomic E-state index is -0.573. The van der Waals surface area contributed by atoms with Gasteiger partial charge in [0, 0.05) is 24.0 Å². The van der Waals surface area contributed by atoms with E-state index in [1.807, 2.05) is 25.5 Å². The Hall–Kier alpha value is -2.56. The first-order valence-electron chi connectivity index (χ1n) is 6.92. The van der Waals surface area contributed by atoms with Crippen LogP contribution in [0.3, 0.4) is 0 Å². The minimum absolute atomic E-state index is 0.218. The van der Waals surface area contributed by atoms with E-state index in [4.69, 9.17) is 9.47 Å². The molecule has 0 saturated heterocycles. The number of hydrogen-bond acceptors (Lipinski definition) is 4. The number of ketones is 1. The van der Waals surface area contributed by atoms with Gasteiger partial charge in [-0.3, -0.25) is 4.79 Å². The molecule has 1 aromatic carbocycles. The first-order chi connectivity index (χ1) is 10.5. The summed E-state index contributed by atoms with van der Waals surface area (Å²) < 4.78 is 12.1. The number of benzene rings is 1. The Labute approximate surface area is 129 Å². The maximum absolute atomic E-state index is 12.2. The van der Waals surface area contributed by atoms with E-state index >= 15 is 0 Å². The first kappa shape index (κ1) is 15.8. The Morgan fingerprint density at radius 3 is 2.41 bits per heavy atom. The third-order valence-electron chi connectivity index (χ3n) is 3.74. The van der Waals surface area contributed by atoms with E-state index in [0.29, 0.717) is 16.9 Å². The van der Waals surface area contributed by atoms with Gasteiger partial charge in [0.25, 0.3) is 0 Å². The number of Topliss-reactive ketones (excluding diaryl/α,β-unsaturated/α-hetero) is 1. The molecule has 1 heterocycles. The van der Waals surface area contributed by atoms with Crippen molar-refractivity contribution in [3.63, 3.8) is 0 Å². The molecule has 0 aliphatic rings. The Kier molecular flexibility index (Phi) is 4.65. The van der Waals surface area contributed by atoms with Gasteiger partial charge in [-0.15, -0.1) is 0 Å². The van der Waals surface area contributed by atoms with Crippen molar-refractivity contribution in [2.24, 2.45) is 7.05 Å². The van der Waals surface area contributed by atoms with Crippen LogP contribution < -0.4 is 4.74 Å². The fourth-order valence-corrected chi connectivity index (χ4v) is 2.24. The number of nitrogens with zero attached hydrogens (tertiary/aromatic N) is 1. The summed E-state index contributed by atoms with van der Waals surface area (Å²) in [4.78, 5) is 24.3. The van der Waals surface area contributed by atoms with Crippen molar-refractivity contribution in [1.29, 1.82) is 0 Å². The van der Waals surface area contributed by atoms with E-state index in [9.17, 15) is 9.59 Å². The van der Waals surface area contributed by atoms with Gasteiger partial charge in [-0.1, -0.05) is 12.1 Å². The number of para-hydroxylation sites is 1. The van der Waals surface area contributed by atoms with Crippen LogP contribution in [0.5, 0.6) is 5.75 Å². The van der Waals surface area contributed by atoms with E-state index in [2.05, 4.69) is 0 Å².